The molecule has 0 atom stereocenters. The second-order valence-electron chi connectivity index (χ2n) is 5.64. The lowest BCUT2D eigenvalue weighted by atomic mass is 10.1. The Hall–Kier alpha value is 0.280. The van der Waals surface area contributed by atoms with Gasteiger partial charge in [-0.1, -0.05) is 26.7 Å². The molecule has 0 saturated heterocycles. The van der Waals surface area contributed by atoms with E-state index in [9.17, 15) is 0 Å². The molecule has 0 aromatic heterocycles. The Balaban J connectivity index is 0. The third kappa shape index (κ3) is 38.5. The molecular weight excluding hydrogens is 290 g/mol. The summed E-state index contributed by atoms with van der Waals surface area (Å²) in [4.78, 5) is 0. The number of quaternary nitrogens is 1. The lowest BCUT2D eigenvalue weighted by molar-refractivity contribution is -2.00. The second-order valence-corrected chi connectivity index (χ2v) is 7.22. The van der Waals surface area contributed by atoms with Gasteiger partial charge in [0.25, 0.3) is 0 Å². The van der Waals surface area contributed by atoms with Gasteiger partial charge in [0, 0.05) is 0 Å². The van der Waals surface area contributed by atoms with E-state index < -0.39 is 14.1 Å². The highest BCUT2D eigenvalue weighted by molar-refractivity contribution is 4.46. The van der Waals surface area contributed by atoms with E-state index in [4.69, 9.17) is 16.8 Å². The minimum Gasteiger partial charge on any atom is -0.331 e. The highest BCUT2D eigenvalue weighted by atomic mass is 80.0. The molecular formula is C11H26BrNO4. The fourth-order valence-electron chi connectivity index (χ4n) is 1.32. The van der Waals surface area contributed by atoms with Gasteiger partial charge in [0.1, 0.15) is 0 Å². The maximum absolute atomic E-state index is 8.58. The predicted octanol–water partition coefficient (Wildman–Crippen LogP) is -1.85. The van der Waals surface area contributed by atoms with Gasteiger partial charge in [0.2, 0.25) is 0 Å². The Labute approximate surface area is 109 Å². The van der Waals surface area contributed by atoms with E-state index in [0.29, 0.717) is 0 Å². The van der Waals surface area contributed by atoms with Crippen molar-refractivity contribution in [3.05, 3.63) is 0 Å². The molecule has 0 aliphatic carbocycles. The maximum Gasteiger partial charge on any atom is 0.0780 e. The van der Waals surface area contributed by atoms with Crippen molar-refractivity contribution < 1.29 is 35.4 Å². The molecule has 0 heterocycles. The average molecular weight is 316 g/mol. The zero-order valence-electron chi connectivity index (χ0n) is 11.6. The Morgan fingerprint density at radius 3 is 1.59 bits per heavy atom. The van der Waals surface area contributed by atoms with Gasteiger partial charge in [0.05, 0.1) is 41.8 Å². The quantitative estimate of drug-likeness (QED) is 0.425. The molecule has 0 unspecified atom stereocenters. The van der Waals surface area contributed by atoms with Crippen LogP contribution in [0.15, 0.2) is 0 Å². The van der Waals surface area contributed by atoms with Gasteiger partial charge in [-0.25, -0.2) is 0 Å². The van der Waals surface area contributed by atoms with Gasteiger partial charge >= 0.3 is 0 Å². The maximum atomic E-state index is 8.58. The number of hydrogen-bond acceptors (Lipinski definition) is 4. The predicted molar refractivity (Wildman–Crippen MR) is 56.2 cm³/mol. The molecule has 0 aromatic rings. The number of unbranched alkanes of at least 4 members (excludes halogenated alkanes) is 2. The van der Waals surface area contributed by atoms with E-state index in [1.807, 2.05) is 0 Å². The summed E-state index contributed by atoms with van der Waals surface area (Å²) >= 11 is -5.62. The Kier molecular flexibility index (Phi) is 10.7. The summed E-state index contributed by atoms with van der Waals surface area (Å²) in [6.45, 7) is 5.93. The molecule has 0 radical (unpaired) electrons. The third-order valence-corrected chi connectivity index (χ3v) is 2.11. The fourth-order valence-corrected chi connectivity index (χ4v) is 1.32. The second kappa shape index (κ2) is 9.24. The van der Waals surface area contributed by atoms with E-state index in [0.717, 1.165) is 10.4 Å². The summed E-state index contributed by atoms with van der Waals surface area (Å²) in [6.07, 6.45) is 5.61. The van der Waals surface area contributed by atoms with Crippen LogP contribution in [0.1, 0.15) is 39.5 Å². The zero-order chi connectivity index (χ0) is 14.1. The van der Waals surface area contributed by atoms with Crippen molar-refractivity contribution in [2.24, 2.45) is 5.92 Å². The van der Waals surface area contributed by atoms with Crippen LogP contribution in [-0.4, -0.2) is 32.2 Å². The van der Waals surface area contributed by atoms with Crippen molar-refractivity contribution in [3.63, 3.8) is 0 Å². The largest absolute Gasteiger partial charge is 0.331 e. The van der Waals surface area contributed by atoms with E-state index in [-0.39, 0.29) is 0 Å². The van der Waals surface area contributed by atoms with Crippen LogP contribution in [0.4, 0.5) is 0 Å². The van der Waals surface area contributed by atoms with Gasteiger partial charge in [-0.3, -0.25) is 16.8 Å². The molecule has 0 aliphatic rings. The van der Waals surface area contributed by atoms with E-state index in [1.54, 1.807) is 0 Å². The van der Waals surface area contributed by atoms with E-state index in [1.165, 1.54) is 32.2 Å². The van der Waals surface area contributed by atoms with Crippen molar-refractivity contribution in [1.29, 1.82) is 0 Å². The van der Waals surface area contributed by atoms with Crippen LogP contribution in [0.5, 0.6) is 0 Å². The first-order valence-corrected chi connectivity index (χ1v) is 8.43. The Morgan fingerprint density at radius 2 is 1.29 bits per heavy atom. The van der Waals surface area contributed by atoms with Gasteiger partial charge in [-0.05, 0) is 18.8 Å². The molecule has 6 heteroatoms. The number of rotatable bonds is 6. The molecule has 17 heavy (non-hydrogen) atoms. The molecule has 5 nitrogen and oxygen atoms in total. The lowest BCUT2D eigenvalue weighted by Crippen LogP contribution is -2.68. The van der Waals surface area contributed by atoms with Crippen LogP contribution in [-0.2, 0) is 0 Å². The van der Waals surface area contributed by atoms with Crippen LogP contribution < -0.4 is 16.8 Å². The van der Waals surface area contributed by atoms with Crippen LogP contribution in [0.3, 0.4) is 0 Å². The van der Waals surface area contributed by atoms with Crippen molar-refractivity contribution in [1.82, 2.24) is 0 Å². The van der Waals surface area contributed by atoms with Gasteiger partial charge in [-0.15, -0.1) is 0 Å². The number of nitrogens with zero attached hydrogens (tertiary/aromatic N) is 1. The first kappa shape index (κ1) is 19.6. The fraction of sp³-hybridized carbons (Fsp3) is 1.00. The Morgan fingerprint density at radius 1 is 0.882 bits per heavy atom. The highest BCUT2D eigenvalue weighted by Crippen LogP contribution is 2.08. The van der Waals surface area contributed by atoms with Crippen molar-refractivity contribution in [3.8, 4) is 0 Å². The van der Waals surface area contributed by atoms with E-state index >= 15 is 0 Å². The SMILES string of the molecule is CC(C)CCCCC[N+](C)(C)C.[O-][Br+3]([O-])([O-])[O-]. The summed E-state index contributed by atoms with van der Waals surface area (Å²) in [6, 6.07) is 0. The third-order valence-electron chi connectivity index (χ3n) is 2.11. The molecule has 0 bridgehead atoms. The summed E-state index contributed by atoms with van der Waals surface area (Å²) < 4.78 is 35.4. The molecule has 106 valence electrons. The first-order chi connectivity index (χ1) is 7.42. The van der Waals surface area contributed by atoms with Crippen LogP contribution in [0.25, 0.3) is 0 Å². The highest BCUT2D eigenvalue weighted by Gasteiger charge is 2.05. The van der Waals surface area contributed by atoms with Crippen molar-refractivity contribution in [2.45, 2.75) is 39.5 Å². The summed E-state index contributed by atoms with van der Waals surface area (Å²) in [5.41, 5.74) is 0. The monoisotopic (exact) mass is 315 g/mol. The molecule has 0 N–H and O–H groups in total. The molecule has 0 spiro atoms. The van der Waals surface area contributed by atoms with Crippen molar-refractivity contribution >= 4 is 0 Å². The number of hydrogen-bond donors (Lipinski definition) is 0. The first-order valence-electron chi connectivity index (χ1n) is 5.84. The van der Waals surface area contributed by atoms with Crippen molar-refractivity contribution in [2.75, 3.05) is 27.7 Å². The molecule has 0 aromatic carbocycles. The molecule has 0 saturated carbocycles. The van der Waals surface area contributed by atoms with Crippen LogP contribution in [0.2, 0.25) is 0 Å². The van der Waals surface area contributed by atoms with E-state index in [2.05, 4.69) is 35.0 Å². The minimum atomic E-state index is -5.62. The molecule has 0 rings (SSSR count). The van der Waals surface area contributed by atoms with Crippen LogP contribution >= 0.6 is 0 Å². The molecule has 0 fully saturated rings. The standard InChI is InChI=1S/C11H26N.BrO4/c1-11(2)9-7-6-8-10-12(3,4)5;2-1(3,4)5/h11H,6-10H2,1-5H3;/q+1;-1. The summed E-state index contributed by atoms with van der Waals surface area (Å²) in [7, 11) is 6.80. The van der Waals surface area contributed by atoms with Gasteiger partial charge < -0.3 is 4.48 Å². The normalized spacial score (nSPS) is 12.4. The average Bonchev–Trinajstić information content (AvgIpc) is 1.97. The topological polar surface area (TPSA) is 92.2 Å². The summed E-state index contributed by atoms with van der Waals surface area (Å²) in [5.74, 6) is 0.883. The van der Waals surface area contributed by atoms with Gasteiger partial charge in [0.15, 0.2) is 0 Å². The minimum absolute atomic E-state index is 0.883. The molecule has 0 aliphatic heterocycles. The lowest BCUT2D eigenvalue weighted by Gasteiger charge is -2.23. The Bertz CT molecular complexity index is 169. The summed E-state index contributed by atoms with van der Waals surface area (Å²) in [5, 5.41) is 0. The number of halogens is 1. The zero-order valence-corrected chi connectivity index (χ0v) is 13.2. The smallest absolute Gasteiger partial charge is 0.0780 e. The molecule has 0 amide bonds. The van der Waals surface area contributed by atoms with Gasteiger partial charge in [-0.2, -0.15) is 0 Å². The van der Waals surface area contributed by atoms with Crippen LogP contribution in [0, 0.1) is 20.0 Å².